The summed E-state index contributed by atoms with van der Waals surface area (Å²) in [4.78, 5) is 26.1. The average molecular weight is 864 g/mol. The van der Waals surface area contributed by atoms with Crippen LogP contribution in [0.5, 0.6) is 0 Å². The number of ether oxygens (including phenoxy) is 1. The molecule has 0 saturated heterocycles. The molecular formula is C56H97NO5. The van der Waals surface area contributed by atoms with Gasteiger partial charge in [0.25, 0.3) is 0 Å². The molecule has 6 nitrogen and oxygen atoms in total. The number of unbranched alkanes of at least 4 members (excludes halogenated alkanes) is 24. The van der Waals surface area contributed by atoms with Crippen molar-refractivity contribution in [1.82, 2.24) is 5.32 Å². The highest BCUT2D eigenvalue weighted by molar-refractivity contribution is 5.77. The predicted octanol–water partition coefficient (Wildman–Crippen LogP) is 15.6. The number of aliphatic hydroxyl groups excluding tert-OH is 2. The molecule has 6 heteroatoms. The molecule has 0 radical (unpaired) electrons. The summed E-state index contributed by atoms with van der Waals surface area (Å²) in [5.74, 6) is -0.525. The van der Waals surface area contributed by atoms with Crippen molar-refractivity contribution in [2.45, 2.75) is 251 Å². The number of aliphatic hydroxyl groups is 2. The van der Waals surface area contributed by atoms with Crippen molar-refractivity contribution in [3.8, 4) is 0 Å². The minimum absolute atomic E-state index is 0.0502. The summed E-state index contributed by atoms with van der Waals surface area (Å²) in [6.07, 6.45) is 63.5. The van der Waals surface area contributed by atoms with E-state index < -0.39 is 18.2 Å². The van der Waals surface area contributed by atoms with E-state index in [1.54, 1.807) is 0 Å². The largest absolute Gasteiger partial charge is 0.462 e. The van der Waals surface area contributed by atoms with E-state index in [2.05, 4.69) is 92.9 Å². The number of rotatable bonds is 45. The molecule has 0 aliphatic carbocycles. The fourth-order valence-corrected chi connectivity index (χ4v) is 7.50. The van der Waals surface area contributed by atoms with E-state index >= 15 is 0 Å². The highest BCUT2D eigenvalue weighted by atomic mass is 16.5. The van der Waals surface area contributed by atoms with Gasteiger partial charge in [0, 0.05) is 6.42 Å². The van der Waals surface area contributed by atoms with Crippen molar-refractivity contribution in [3.63, 3.8) is 0 Å². The molecular weight excluding hydrogens is 767 g/mol. The number of nitrogens with one attached hydrogen (secondary N) is 1. The summed E-state index contributed by atoms with van der Waals surface area (Å²) < 4.78 is 5.91. The van der Waals surface area contributed by atoms with Crippen LogP contribution < -0.4 is 5.32 Å². The normalized spacial score (nSPS) is 14.0. The van der Waals surface area contributed by atoms with Gasteiger partial charge in [-0.15, -0.1) is 0 Å². The topological polar surface area (TPSA) is 95.9 Å². The third-order valence-electron chi connectivity index (χ3n) is 11.4. The molecule has 0 aliphatic rings. The maximum Gasteiger partial charge on any atom is 0.306 e. The van der Waals surface area contributed by atoms with Crippen LogP contribution in [0.15, 0.2) is 85.1 Å². The lowest BCUT2D eigenvalue weighted by Gasteiger charge is -2.24. The standard InChI is InChI=1S/C56H97NO5/c1-4-7-10-13-16-19-22-25-27-30-33-36-39-42-45-48-54(59)53(51-58)57-55(60)50-52(47-44-41-38-35-32-29-24-21-18-15-12-9-6-3)62-56(61)49-46-43-40-37-34-31-28-26-23-20-17-14-11-8-5-2/h8-9,11-12,14-15,17-18,20-21,23-24,26,28,52-54,58-59H,4-7,10,13,16,19,22,25,27,29-51H2,1-3H3,(H,57,60)/b11-8+,12-9+,17-14+,18-15+,23-20+,24-21+,28-26-. The Labute approximate surface area is 383 Å². The maximum atomic E-state index is 13.2. The first-order valence-corrected chi connectivity index (χ1v) is 25.9. The Kier molecular flexibility index (Phi) is 46.7. The molecule has 3 N–H and O–H groups in total. The quantitative estimate of drug-likeness (QED) is 0.0322. The number of carbonyl (C=O) groups excluding carboxylic acids is 2. The van der Waals surface area contributed by atoms with Crippen molar-refractivity contribution in [2.24, 2.45) is 0 Å². The molecule has 62 heavy (non-hydrogen) atoms. The third kappa shape index (κ3) is 43.7. The Bertz CT molecular complexity index is 1200. The Balaban J connectivity index is 4.63. The van der Waals surface area contributed by atoms with Crippen LogP contribution in [0, 0.1) is 0 Å². The predicted molar refractivity (Wildman–Crippen MR) is 268 cm³/mol. The van der Waals surface area contributed by atoms with Crippen LogP contribution in [0.2, 0.25) is 0 Å². The van der Waals surface area contributed by atoms with Gasteiger partial charge in [0.1, 0.15) is 6.10 Å². The Hall–Kier alpha value is -2.96. The summed E-state index contributed by atoms with van der Waals surface area (Å²) in [6.45, 7) is 6.21. The summed E-state index contributed by atoms with van der Waals surface area (Å²) >= 11 is 0. The van der Waals surface area contributed by atoms with Crippen LogP contribution in [-0.4, -0.2) is 46.9 Å². The van der Waals surface area contributed by atoms with E-state index in [4.69, 9.17) is 4.74 Å². The average Bonchev–Trinajstić information content (AvgIpc) is 3.26. The van der Waals surface area contributed by atoms with E-state index in [-0.39, 0.29) is 24.9 Å². The van der Waals surface area contributed by atoms with Crippen molar-refractivity contribution < 1.29 is 24.5 Å². The smallest absolute Gasteiger partial charge is 0.306 e. The number of hydrogen-bond donors (Lipinski definition) is 3. The summed E-state index contributed by atoms with van der Waals surface area (Å²) in [7, 11) is 0. The molecule has 3 unspecified atom stereocenters. The molecule has 0 rings (SSSR count). The maximum absolute atomic E-state index is 13.2. The van der Waals surface area contributed by atoms with Gasteiger partial charge < -0.3 is 20.3 Å². The molecule has 1 amide bonds. The highest BCUT2D eigenvalue weighted by Crippen LogP contribution is 2.18. The van der Waals surface area contributed by atoms with Gasteiger partial charge in [0.05, 0.1) is 25.2 Å². The molecule has 0 heterocycles. The molecule has 0 fully saturated rings. The molecule has 0 spiro atoms. The van der Waals surface area contributed by atoms with Crippen LogP contribution in [0.1, 0.15) is 233 Å². The monoisotopic (exact) mass is 864 g/mol. The molecule has 0 aromatic carbocycles. The SMILES string of the molecule is CC/C=C/C=C/C=C/C=C\CCCCCCCC(=O)OC(CCCCCCC/C=C/C=C/C=C/CC)CC(=O)NC(CO)C(O)CCCCCCCCCCCCCCCCC. The zero-order valence-electron chi connectivity index (χ0n) is 40.5. The summed E-state index contributed by atoms with van der Waals surface area (Å²) in [6, 6.07) is -0.718. The molecule has 0 aromatic heterocycles. The lowest BCUT2D eigenvalue weighted by molar-refractivity contribution is -0.151. The van der Waals surface area contributed by atoms with Gasteiger partial charge in [0.2, 0.25) is 5.91 Å². The van der Waals surface area contributed by atoms with Gasteiger partial charge in [0.15, 0.2) is 0 Å². The van der Waals surface area contributed by atoms with Crippen LogP contribution in [0.25, 0.3) is 0 Å². The Morgan fingerprint density at radius 1 is 0.484 bits per heavy atom. The van der Waals surface area contributed by atoms with E-state index in [1.807, 2.05) is 18.2 Å². The third-order valence-corrected chi connectivity index (χ3v) is 11.4. The first-order chi connectivity index (χ1) is 30.5. The van der Waals surface area contributed by atoms with Crippen molar-refractivity contribution in [3.05, 3.63) is 85.1 Å². The van der Waals surface area contributed by atoms with E-state index in [0.29, 0.717) is 19.3 Å². The first-order valence-electron chi connectivity index (χ1n) is 25.9. The zero-order chi connectivity index (χ0) is 45.2. The summed E-state index contributed by atoms with van der Waals surface area (Å²) in [5, 5.41) is 23.8. The zero-order valence-corrected chi connectivity index (χ0v) is 40.5. The second-order valence-electron chi connectivity index (χ2n) is 17.3. The summed E-state index contributed by atoms with van der Waals surface area (Å²) in [5.41, 5.74) is 0. The van der Waals surface area contributed by atoms with Crippen molar-refractivity contribution in [1.29, 1.82) is 0 Å². The van der Waals surface area contributed by atoms with E-state index in [9.17, 15) is 19.8 Å². The van der Waals surface area contributed by atoms with Gasteiger partial charge in [-0.1, -0.05) is 241 Å². The number of allylic oxidation sites excluding steroid dienone is 14. The van der Waals surface area contributed by atoms with Gasteiger partial charge in [-0.25, -0.2) is 0 Å². The van der Waals surface area contributed by atoms with Gasteiger partial charge >= 0.3 is 5.97 Å². The molecule has 0 saturated carbocycles. The Morgan fingerprint density at radius 2 is 0.871 bits per heavy atom. The van der Waals surface area contributed by atoms with Crippen molar-refractivity contribution in [2.75, 3.05) is 6.61 Å². The van der Waals surface area contributed by atoms with Gasteiger partial charge in [-0.2, -0.15) is 0 Å². The Morgan fingerprint density at radius 3 is 1.32 bits per heavy atom. The lowest BCUT2D eigenvalue weighted by atomic mass is 10.0. The van der Waals surface area contributed by atoms with Gasteiger partial charge in [-0.05, 0) is 64.2 Å². The minimum atomic E-state index is -0.802. The van der Waals surface area contributed by atoms with Crippen LogP contribution >= 0.6 is 0 Å². The molecule has 3 atom stereocenters. The number of amides is 1. The molecule has 0 aliphatic heterocycles. The molecule has 0 aromatic rings. The van der Waals surface area contributed by atoms with E-state index in [0.717, 1.165) is 109 Å². The van der Waals surface area contributed by atoms with Crippen LogP contribution in [0.4, 0.5) is 0 Å². The number of hydrogen-bond acceptors (Lipinski definition) is 5. The number of carbonyl (C=O) groups is 2. The molecule has 356 valence electrons. The van der Waals surface area contributed by atoms with Crippen LogP contribution in [0.3, 0.4) is 0 Å². The van der Waals surface area contributed by atoms with Crippen LogP contribution in [-0.2, 0) is 14.3 Å². The lowest BCUT2D eigenvalue weighted by Crippen LogP contribution is -2.46. The van der Waals surface area contributed by atoms with Crippen molar-refractivity contribution >= 4 is 11.9 Å². The van der Waals surface area contributed by atoms with Gasteiger partial charge in [-0.3, -0.25) is 9.59 Å². The first kappa shape index (κ1) is 59.0. The van der Waals surface area contributed by atoms with E-state index in [1.165, 1.54) is 77.0 Å². The minimum Gasteiger partial charge on any atom is -0.462 e. The fraction of sp³-hybridized carbons (Fsp3) is 0.714. The second kappa shape index (κ2) is 49.1. The second-order valence-corrected chi connectivity index (χ2v) is 17.3. The number of esters is 1. The highest BCUT2D eigenvalue weighted by Gasteiger charge is 2.24. The molecule has 0 bridgehead atoms. The fourth-order valence-electron chi connectivity index (χ4n) is 7.50.